The molecular formula is C46H49NO9. The predicted octanol–water partition coefficient (Wildman–Crippen LogP) is 6.74. The average Bonchev–Trinajstić information content (AvgIpc) is 3.49. The lowest BCUT2D eigenvalue weighted by Crippen LogP contribution is -2.42. The first-order chi connectivity index (χ1) is 27.1. The van der Waals surface area contributed by atoms with Crippen molar-refractivity contribution < 1.29 is 44.2 Å². The number of aliphatic hydroxyl groups is 2. The number of esters is 1. The number of aliphatic hydroxyl groups excluding tert-OH is 2. The molecule has 5 N–H and O–H groups in total. The number of nitrogens with one attached hydrogen (secondary N) is 1. The lowest BCUT2D eigenvalue weighted by atomic mass is 9.56. The van der Waals surface area contributed by atoms with Gasteiger partial charge in [-0.25, -0.2) is 0 Å². The van der Waals surface area contributed by atoms with E-state index in [2.05, 4.69) is 29.0 Å². The number of ether oxygens (including phenoxy) is 3. The Kier molecular flexibility index (Phi) is 10.6. The molecule has 2 fully saturated rings. The monoisotopic (exact) mass is 759 g/mol. The number of aromatic hydroxyl groups is 2. The molecule has 10 heteroatoms. The van der Waals surface area contributed by atoms with Crippen LogP contribution in [0.25, 0.3) is 16.5 Å². The second kappa shape index (κ2) is 15.7. The van der Waals surface area contributed by atoms with Crippen LogP contribution in [0.2, 0.25) is 0 Å². The number of carbonyl (C=O) groups is 2. The molecule has 0 radical (unpaired) electrons. The van der Waals surface area contributed by atoms with Crippen molar-refractivity contribution in [1.82, 2.24) is 4.98 Å². The Hall–Kier alpha value is -5.24. The van der Waals surface area contributed by atoms with Crippen LogP contribution in [-0.2, 0) is 27.2 Å². The van der Waals surface area contributed by atoms with Gasteiger partial charge in [0.1, 0.15) is 18.3 Å². The summed E-state index contributed by atoms with van der Waals surface area (Å²) >= 11 is 0. The minimum Gasteiger partial charge on any atom is -0.504 e. The van der Waals surface area contributed by atoms with Gasteiger partial charge in [-0.15, -0.1) is 0 Å². The van der Waals surface area contributed by atoms with Crippen LogP contribution in [-0.4, -0.2) is 69.7 Å². The van der Waals surface area contributed by atoms with Crippen LogP contribution < -0.4 is 9.47 Å². The van der Waals surface area contributed by atoms with Gasteiger partial charge in [0.2, 0.25) is 0 Å². The summed E-state index contributed by atoms with van der Waals surface area (Å²) in [5.74, 6) is 6.28. The number of Topliss-reactive ketones (excluding diaryl/α,β-unsaturated/α-hetero) is 1. The first-order valence-corrected chi connectivity index (χ1v) is 19.7. The summed E-state index contributed by atoms with van der Waals surface area (Å²) in [6.45, 7) is 0. The number of H-pyrrole nitrogens is 1. The molecule has 0 saturated heterocycles. The summed E-state index contributed by atoms with van der Waals surface area (Å²) in [5, 5.41) is 44.9. The second-order valence-electron chi connectivity index (χ2n) is 16.0. The Balaban J connectivity index is 1.28. The number of rotatable bonds is 5. The summed E-state index contributed by atoms with van der Waals surface area (Å²) < 4.78 is 16.9. The van der Waals surface area contributed by atoms with Gasteiger partial charge < -0.3 is 39.6 Å². The van der Waals surface area contributed by atoms with E-state index in [0.29, 0.717) is 30.1 Å². The maximum atomic E-state index is 14.6. The summed E-state index contributed by atoms with van der Waals surface area (Å²) in [6.07, 6.45) is 3.80. The lowest BCUT2D eigenvalue weighted by molar-refractivity contribution is -0.155. The van der Waals surface area contributed by atoms with Crippen molar-refractivity contribution in [2.45, 2.75) is 88.4 Å². The van der Waals surface area contributed by atoms with Crippen molar-refractivity contribution in [3.05, 3.63) is 88.6 Å². The van der Waals surface area contributed by atoms with Crippen LogP contribution in [0.15, 0.2) is 60.7 Å². The number of benzene rings is 3. The van der Waals surface area contributed by atoms with Crippen molar-refractivity contribution >= 4 is 28.2 Å². The number of allylic oxidation sites excluding steroid dienone is 1. The van der Waals surface area contributed by atoms with Crippen molar-refractivity contribution in [3.8, 4) is 34.8 Å². The van der Waals surface area contributed by atoms with E-state index in [1.807, 2.05) is 24.3 Å². The average molecular weight is 760 g/mol. The number of para-hydroxylation sites is 1. The fraction of sp³-hybridized carbons (Fsp3) is 0.435. The van der Waals surface area contributed by atoms with Crippen LogP contribution in [0.1, 0.15) is 85.2 Å². The van der Waals surface area contributed by atoms with E-state index >= 15 is 0 Å². The van der Waals surface area contributed by atoms with Gasteiger partial charge in [0, 0.05) is 42.2 Å². The van der Waals surface area contributed by atoms with Gasteiger partial charge in [0.15, 0.2) is 23.0 Å². The Morgan fingerprint density at radius 1 is 0.911 bits per heavy atom. The second-order valence-corrected chi connectivity index (χ2v) is 16.0. The Bertz CT molecular complexity index is 2240. The van der Waals surface area contributed by atoms with E-state index < -0.39 is 18.2 Å². The number of aromatic nitrogens is 1. The highest BCUT2D eigenvalue weighted by molar-refractivity contribution is 5.94. The molecule has 292 valence electrons. The summed E-state index contributed by atoms with van der Waals surface area (Å²) in [5.41, 5.74) is 6.09. The molecule has 2 bridgehead atoms. The number of phenolic OH excluding ortho intramolecular Hbond substituents is 2. The Labute approximate surface area is 326 Å². The van der Waals surface area contributed by atoms with Crippen LogP contribution in [0, 0.1) is 35.5 Å². The predicted molar refractivity (Wildman–Crippen MR) is 210 cm³/mol. The third-order valence-corrected chi connectivity index (χ3v) is 12.7. The minimum absolute atomic E-state index is 0.00131. The molecule has 2 heterocycles. The molecule has 0 amide bonds. The van der Waals surface area contributed by atoms with E-state index in [0.717, 1.165) is 64.5 Å². The van der Waals surface area contributed by atoms with E-state index in [1.165, 1.54) is 20.3 Å². The number of aromatic amines is 1. The van der Waals surface area contributed by atoms with E-state index in [1.54, 1.807) is 18.2 Å². The van der Waals surface area contributed by atoms with Gasteiger partial charge in [-0.3, -0.25) is 9.59 Å². The normalized spacial score (nSPS) is 26.9. The van der Waals surface area contributed by atoms with Gasteiger partial charge in [0.05, 0.1) is 32.1 Å². The zero-order valence-electron chi connectivity index (χ0n) is 31.8. The summed E-state index contributed by atoms with van der Waals surface area (Å²) in [4.78, 5) is 31.6. The number of ketones is 1. The zero-order chi connectivity index (χ0) is 39.1. The molecule has 4 aliphatic rings. The largest absolute Gasteiger partial charge is 0.504 e. The molecular weight excluding hydrogens is 711 g/mol. The number of hydrogen-bond acceptors (Lipinski definition) is 9. The zero-order valence-corrected chi connectivity index (χ0v) is 31.8. The molecule has 1 aromatic heterocycles. The maximum absolute atomic E-state index is 14.6. The van der Waals surface area contributed by atoms with Crippen molar-refractivity contribution in [2.24, 2.45) is 23.7 Å². The van der Waals surface area contributed by atoms with Crippen molar-refractivity contribution in [3.63, 3.8) is 0 Å². The van der Waals surface area contributed by atoms with Gasteiger partial charge in [-0.2, -0.15) is 0 Å². The topological polar surface area (TPSA) is 159 Å². The fourth-order valence-electron chi connectivity index (χ4n) is 10.2. The van der Waals surface area contributed by atoms with Crippen molar-refractivity contribution in [2.75, 3.05) is 14.2 Å². The Morgan fingerprint density at radius 2 is 1.70 bits per heavy atom. The number of carbonyl (C=O) groups excluding carboxylic acids is 2. The van der Waals surface area contributed by atoms with Gasteiger partial charge in [0.25, 0.3) is 0 Å². The third-order valence-electron chi connectivity index (χ3n) is 12.7. The molecule has 10 nitrogen and oxygen atoms in total. The Morgan fingerprint density at radius 3 is 2.52 bits per heavy atom. The summed E-state index contributed by atoms with van der Waals surface area (Å²) in [6, 6.07) is 16.4. The fourth-order valence-corrected chi connectivity index (χ4v) is 10.2. The quantitative estimate of drug-likeness (QED) is 0.110. The number of phenols is 2. The molecule has 2 saturated carbocycles. The maximum Gasteiger partial charge on any atom is 0.318 e. The highest BCUT2D eigenvalue weighted by Crippen LogP contribution is 2.57. The van der Waals surface area contributed by atoms with E-state index in [-0.39, 0.29) is 78.5 Å². The van der Waals surface area contributed by atoms with Crippen LogP contribution >= 0.6 is 0 Å². The number of fused-ring (bicyclic) bond motifs is 8. The first-order valence-electron chi connectivity index (χ1n) is 19.7. The molecule has 4 aromatic rings. The standard InChI is InChI=1S/C46H49NO9/c1-54-41-18-25(11-16-38(41)50)17-39(51)43-22-29(49)21-35-34-24-42(55-2)40(52)23-33(34)36(20-27-13-12-26-19-28(48)14-15-30(26)45(27)35)46-32(8-4-6-10-44(53)56-43)31-7-3-5-9-37(31)47-46/h3,5,7,9,11,16,18,20,23-24,26-28,30,35,39,43,45,47-48,50-52H,8,10,12-15,17,19,21-22H2,1-2H3/t26-,27-,28+,30-,35-,39+,43+,45-/m1/s1. The van der Waals surface area contributed by atoms with Crippen LogP contribution in [0.4, 0.5) is 0 Å². The summed E-state index contributed by atoms with van der Waals surface area (Å²) in [7, 11) is 2.96. The number of methoxy groups -OCH3 is 2. The van der Waals surface area contributed by atoms with E-state index in [9.17, 15) is 30.0 Å². The number of cyclic esters (lactones) is 1. The molecule has 8 rings (SSSR count). The molecule has 0 spiro atoms. The SMILES string of the molecule is COc1cc(C[C@H](O)[C@@H]2CC(=O)C[C@@H]3c4cc(OC)c(O)cc4C(=C[C@H]4CC[C@@H]5C[C@@H](O)CC[C@H]5[C@H]34)c3[nH]c4ccccc4c3CC#CCC(=O)O2)ccc1O. The minimum atomic E-state index is -1.24. The first kappa shape index (κ1) is 37.7. The third kappa shape index (κ3) is 7.26. The molecule has 0 unspecified atom stereocenters. The van der Waals surface area contributed by atoms with E-state index in [4.69, 9.17) is 14.2 Å². The number of hydrogen-bond donors (Lipinski definition) is 5. The molecule has 3 aliphatic carbocycles. The molecule has 3 aromatic carbocycles. The van der Waals surface area contributed by atoms with Crippen LogP contribution in [0.3, 0.4) is 0 Å². The lowest BCUT2D eigenvalue weighted by Gasteiger charge is -2.49. The highest BCUT2D eigenvalue weighted by atomic mass is 16.6. The van der Waals surface area contributed by atoms with Crippen LogP contribution in [0.5, 0.6) is 23.0 Å². The van der Waals surface area contributed by atoms with Crippen molar-refractivity contribution in [1.29, 1.82) is 0 Å². The van der Waals surface area contributed by atoms with Gasteiger partial charge in [-0.05, 0) is 114 Å². The van der Waals surface area contributed by atoms with Gasteiger partial charge >= 0.3 is 5.97 Å². The highest BCUT2D eigenvalue weighted by Gasteiger charge is 2.48. The molecule has 8 atom stereocenters. The van der Waals surface area contributed by atoms with Gasteiger partial charge in [-0.1, -0.05) is 42.2 Å². The smallest absolute Gasteiger partial charge is 0.318 e. The molecule has 1 aliphatic heterocycles. The molecule has 56 heavy (non-hydrogen) atoms.